The van der Waals surface area contributed by atoms with Crippen LogP contribution in [-0.4, -0.2) is 46.8 Å². The van der Waals surface area contributed by atoms with Crippen LogP contribution in [0, 0.1) is 0 Å². The molecule has 0 aliphatic carbocycles. The predicted octanol–water partition coefficient (Wildman–Crippen LogP) is 1.69. The van der Waals surface area contributed by atoms with E-state index in [1.165, 1.54) is 12.1 Å². The third-order valence-electron chi connectivity index (χ3n) is 3.06. The number of urea groups is 1. The molecule has 21 heavy (non-hydrogen) atoms. The average Bonchev–Trinajstić information content (AvgIpc) is 2.49. The number of carboxylic acids is 1. The highest BCUT2D eigenvalue weighted by molar-refractivity contribution is 5.87. The smallest absolute Gasteiger partial charge is 0.335 e. The van der Waals surface area contributed by atoms with Crippen LogP contribution in [0.5, 0.6) is 0 Å². The Bertz CT molecular complexity index is 476. The van der Waals surface area contributed by atoms with Crippen molar-refractivity contribution in [2.45, 2.75) is 26.3 Å². The lowest BCUT2D eigenvalue weighted by atomic mass is 10.1. The fourth-order valence-electron chi connectivity index (χ4n) is 1.89. The minimum Gasteiger partial charge on any atom is -0.478 e. The molecule has 6 nitrogen and oxygen atoms in total. The van der Waals surface area contributed by atoms with Crippen LogP contribution < -0.4 is 5.32 Å². The van der Waals surface area contributed by atoms with Gasteiger partial charge in [-0.2, -0.15) is 0 Å². The number of amides is 2. The van der Waals surface area contributed by atoms with Gasteiger partial charge in [0.2, 0.25) is 0 Å². The zero-order chi connectivity index (χ0) is 15.7. The summed E-state index contributed by atoms with van der Waals surface area (Å²) in [5.74, 6) is -0.993. The number of hydrogen-bond donors (Lipinski definition) is 3. The predicted molar refractivity (Wildman–Crippen MR) is 79.2 cm³/mol. The first-order valence-electron chi connectivity index (χ1n) is 7.04. The summed E-state index contributed by atoms with van der Waals surface area (Å²) in [6.45, 7) is 3.10. The number of hydrogen-bond acceptors (Lipinski definition) is 3. The molecule has 1 rings (SSSR count). The maximum Gasteiger partial charge on any atom is 0.335 e. The first kappa shape index (κ1) is 17.0. The van der Waals surface area contributed by atoms with E-state index in [0.717, 1.165) is 18.4 Å². The van der Waals surface area contributed by atoms with E-state index in [0.29, 0.717) is 13.1 Å². The molecule has 1 aromatic rings. The molecule has 0 aromatic heterocycles. The van der Waals surface area contributed by atoms with Crippen LogP contribution >= 0.6 is 0 Å². The van der Waals surface area contributed by atoms with Crippen LogP contribution in [0.2, 0.25) is 0 Å². The minimum atomic E-state index is -0.993. The summed E-state index contributed by atoms with van der Waals surface area (Å²) < 4.78 is 0. The first-order valence-corrected chi connectivity index (χ1v) is 7.04. The van der Waals surface area contributed by atoms with E-state index in [1.54, 1.807) is 17.0 Å². The molecule has 0 saturated carbocycles. The fourth-order valence-corrected chi connectivity index (χ4v) is 1.89. The Morgan fingerprint density at radius 1 is 1.29 bits per heavy atom. The Morgan fingerprint density at radius 2 is 2.05 bits per heavy atom. The van der Waals surface area contributed by atoms with Gasteiger partial charge in [0.1, 0.15) is 0 Å². The van der Waals surface area contributed by atoms with Crippen LogP contribution in [0.15, 0.2) is 24.3 Å². The van der Waals surface area contributed by atoms with E-state index >= 15 is 0 Å². The molecule has 2 amide bonds. The molecule has 0 saturated heterocycles. The highest BCUT2D eigenvalue weighted by Crippen LogP contribution is 2.05. The molecule has 0 fully saturated rings. The summed E-state index contributed by atoms with van der Waals surface area (Å²) in [5, 5.41) is 20.6. The van der Waals surface area contributed by atoms with Crippen molar-refractivity contribution in [3.05, 3.63) is 35.4 Å². The van der Waals surface area contributed by atoms with Crippen molar-refractivity contribution in [1.29, 1.82) is 0 Å². The third kappa shape index (κ3) is 5.83. The van der Waals surface area contributed by atoms with E-state index in [2.05, 4.69) is 5.32 Å². The molecule has 0 unspecified atom stereocenters. The highest BCUT2D eigenvalue weighted by atomic mass is 16.4. The molecular formula is C15H22N2O4. The van der Waals surface area contributed by atoms with Crippen LogP contribution in [0.1, 0.15) is 35.7 Å². The number of aliphatic hydroxyl groups is 1. The van der Waals surface area contributed by atoms with Gasteiger partial charge in [0, 0.05) is 19.6 Å². The number of carbonyl (C=O) groups is 2. The zero-order valence-electron chi connectivity index (χ0n) is 12.2. The Balaban J connectivity index is 2.57. The lowest BCUT2D eigenvalue weighted by Gasteiger charge is -2.22. The van der Waals surface area contributed by atoms with Crippen molar-refractivity contribution in [2.24, 2.45) is 0 Å². The van der Waals surface area contributed by atoms with Gasteiger partial charge in [0.05, 0.1) is 12.2 Å². The number of unbranched alkanes of at least 4 members (excludes halogenated alkanes) is 1. The normalized spacial score (nSPS) is 10.2. The van der Waals surface area contributed by atoms with E-state index < -0.39 is 5.97 Å². The molecule has 0 heterocycles. The van der Waals surface area contributed by atoms with Gasteiger partial charge in [-0.1, -0.05) is 25.5 Å². The molecule has 3 N–H and O–H groups in total. The van der Waals surface area contributed by atoms with E-state index in [4.69, 9.17) is 10.2 Å². The minimum absolute atomic E-state index is 0.0777. The Kier molecular flexibility index (Phi) is 7.25. The second kappa shape index (κ2) is 8.97. The van der Waals surface area contributed by atoms with Gasteiger partial charge in [-0.15, -0.1) is 0 Å². The third-order valence-corrected chi connectivity index (χ3v) is 3.06. The first-order chi connectivity index (χ1) is 10.1. The maximum atomic E-state index is 12.0. The molecule has 0 radical (unpaired) electrons. The van der Waals surface area contributed by atoms with Crippen molar-refractivity contribution >= 4 is 12.0 Å². The van der Waals surface area contributed by atoms with Crippen molar-refractivity contribution in [3.8, 4) is 0 Å². The summed E-state index contributed by atoms with van der Waals surface area (Å²) >= 11 is 0. The number of aromatic carboxylic acids is 1. The monoisotopic (exact) mass is 294 g/mol. The molecule has 0 atom stereocenters. The second-order valence-electron chi connectivity index (χ2n) is 4.73. The van der Waals surface area contributed by atoms with Gasteiger partial charge in [-0.25, -0.2) is 9.59 Å². The summed E-state index contributed by atoms with van der Waals surface area (Å²) in [7, 11) is 0. The van der Waals surface area contributed by atoms with Gasteiger partial charge in [0.25, 0.3) is 0 Å². The molecule has 6 heteroatoms. The van der Waals surface area contributed by atoms with Crippen LogP contribution in [-0.2, 0) is 6.54 Å². The summed E-state index contributed by atoms with van der Waals surface area (Å²) in [4.78, 5) is 24.5. The number of rotatable bonds is 8. The van der Waals surface area contributed by atoms with Gasteiger partial charge >= 0.3 is 12.0 Å². The lowest BCUT2D eigenvalue weighted by Crippen LogP contribution is -2.41. The standard InChI is InChI=1S/C15H22N2O4/c1-2-3-7-17(8-9-18)15(21)16-11-12-5-4-6-13(10-12)14(19)20/h4-6,10,18H,2-3,7-9,11H2,1H3,(H,16,21)(H,19,20). The number of carboxylic acid groups (broad SMARTS) is 1. The van der Waals surface area contributed by atoms with Crippen LogP contribution in [0.4, 0.5) is 4.79 Å². The lowest BCUT2D eigenvalue weighted by molar-refractivity contribution is 0.0696. The zero-order valence-corrected chi connectivity index (χ0v) is 12.2. The average molecular weight is 294 g/mol. The number of nitrogens with one attached hydrogen (secondary N) is 1. The van der Waals surface area contributed by atoms with E-state index in [-0.39, 0.29) is 24.7 Å². The quantitative estimate of drug-likeness (QED) is 0.680. The Labute approximate surface area is 124 Å². The van der Waals surface area contributed by atoms with Gasteiger partial charge in [0.15, 0.2) is 0 Å². The van der Waals surface area contributed by atoms with Crippen molar-refractivity contribution < 1.29 is 19.8 Å². The molecule has 116 valence electrons. The van der Waals surface area contributed by atoms with E-state index in [1.807, 2.05) is 6.92 Å². The number of nitrogens with zero attached hydrogens (tertiary/aromatic N) is 1. The molecule has 0 spiro atoms. The summed E-state index contributed by atoms with van der Waals surface area (Å²) in [6, 6.07) is 6.19. The van der Waals surface area contributed by atoms with E-state index in [9.17, 15) is 9.59 Å². The molecule has 1 aromatic carbocycles. The number of benzene rings is 1. The number of aliphatic hydroxyl groups excluding tert-OH is 1. The summed E-state index contributed by atoms with van der Waals surface area (Å²) in [6.07, 6.45) is 1.85. The maximum absolute atomic E-state index is 12.0. The van der Waals surface area contributed by atoms with Crippen molar-refractivity contribution in [3.63, 3.8) is 0 Å². The second-order valence-corrected chi connectivity index (χ2v) is 4.73. The van der Waals surface area contributed by atoms with Crippen LogP contribution in [0.25, 0.3) is 0 Å². The topological polar surface area (TPSA) is 89.9 Å². The van der Waals surface area contributed by atoms with Gasteiger partial charge in [-0.3, -0.25) is 0 Å². The Morgan fingerprint density at radius 3 is 2.67 bits per heavy atom. The van der Waals surface area contributed by atoms with Crippen LogP contribution in [0.3, 0.4) is 0 Å². The van der Waals surface area contributed by atoms with Gasteiger partial charge < -0.3 is 20.4 Å². The Hall–Kier alpha value is -2.08. The fraction of sp³-hybridized carbons (Fsp3) is 0.467. The van der Waals surface area contributed by atoms with Crippen molar-refractivity contribution in [2.75, 3.05) is 19.7 Å². The molecular weight excluding hydrogens is 272 g/mol. The number of carbonyl (C=O) groups excluding carboxylic acids is 1. The molecule has 0 aliphatic heterocycles. The highest BCUT2D eigenvalue weighted by Gasteiger charge is 2.12. The molecule has 0 bridgehead atoms. The summed E-state index contributed by atoms with van der Waals surface area (Å²) in [5.41, 5.74) is 0.919. The molecule has 0 aliphatic rings. The largest absolute Gasteiger partial charge is 0.478 e. The van der Waals surface area contributed by atoms with Gasteiger partial charge in [-0.05, 0) is 24.1 Å². The van der Waals surface area contributed by atoms with Crippen molar-refractivity contribution in [1.82, 2.24) is 10.2 Å². The SMILES string of the molecule is CCCCN(CCO)C(=O)NCc1cccc(C(=O)O)c1.